The number of benzene rings is 1. The van der Waals surface area contributed by atoms with Crippen molar-refractivity contribution >= 4 is 5.97 Å². The third kappa shape index (κ3) is 2.99. The highest BCUT2D eigenvalue weighted by atomic mass is 16.5. The second-order valence-corrected chi connectivity index (χ2v) is 4.05. The van der Waals surface area contributed by atoms with Gasteiger partial charge in [-0.25, -0.2) is 4.79 Å². The molecule has 1 N–H and O–H groups in total. The van der Waals surface area contributed by atoms with Gasteiger partial charge < -0.3 is 9.84 Å². The molecule has 1 atom stereocenters. The zero-order chi connectivity index (χ0) is 12.1. The minimum atomic E-state index is -0.916. The van der Waals surface area contributed by atoms with Crippen molar-refractivity contribution in [3.8, 4) is 5.75 Å². The maximum absolute atomic E-state index is 10.9. The summed E-state index contributed by atoms with van der Waals surface area (Å²) < 4.78 is 5.52. The molecule has 0 aromatic heterocycles. The molecule has 0 saturated carbocycles. The van der Waals surface area contributed by atoms with Gasteiger partial charge in [0.05, 0.1) is 0 Å². The predicted octanol–water partition coefficient (Wildman–Crippen LogP) is 3.05. The molecular formula is C13H18O3. The number of rotatable bonds is 5. The Morgan fingerprint density at radius 2 is 2.00 bits per heavy atom. The Kier molecular flexibility index (Phi) is 4.35. The van der Waals surface area contributed by atoms with Crippen LogP contribution in [0.1, 0.15) is 38.7 Å². The molecule has 0 fully saturated rings. The Labute approximate surface area is 96.1 Å². The van der Waals surface area contributed by atoms with Crippen LogP contribution in [-0.4, -0.2) is 17.2 Å². The van der Waals surface area contributed by atoms with Gasteiger partial charge in [0.25, 0.3) is 0 Å². The fourth-order valence-corrected chi connectivity index (χ4v) is 1.53. The summed E-state index contributed by atoms with van der Waals surface area (Å²) >= 11 is 0. The molecule has 0 unspecified atom stereocenters. The van der Waals surface area contributed by atoms with Crippen molar-refractivity contribution < 1.29 is 14.6 Å². The van der Waals surface area contributed by atoms with Crippen LogP contribution in [0.15, 0.2) is 24.3 Å². The molecule has 88 valence electrons. The lowest BCUT2D eigenvalue weighted by Gasteiger charge is -2.17. The lowest BCUT2D eigenvalue weighted by Crippen LogP contribution is -2.26. The highest BCUT2D eigenvalue weighted by molar-refractivity contribution is 5.72. The topological polar surface area (TPSA) is 46.5 Å². The maximum Gasteiger partial charge on any atom is 0.344 e. The van der Waals surface area contributed by atoms with Crippen LogP contribution in [0.5, 0.6) is 5.75 Å². The molecule has 1 aromatic rings. The molecule has 0 amide bonds. The van der Waals surface area contributed by atoms with Crippen molar-refractivity contribution in [3.05, 3.63) is 29.8 Å². The van der Waals surface area contributed by atoms with E-state index in [0.29, 0.717) is 18.1 Å². The molecule has 16 heavy (non-hydrogen) atoms. The van der Waals surface area contributed by atoms with Gasteiger partial charge >= 0.3 is 5.97 Å². The number of hydrogen-bond donors (Lipinski definition) is 1. The second-order valence-electron chi connectivity index (χ2n) is 4.05. The quantitative estimate of drug-likeness (QED) is 0.832. The zero-order valence-electron chi connectivity index (χ0n) is 9.93. The van der Waals surface area contributed by atoms with E-state index >= 15 is 0 Å². The highest BCUT2D eigenvalue weighted by Crippen LogP contribution is 2.27. The van der Waals surface area contributed by atoms with Crippen LogP contribution in [0.25, 0.3) is 0 Å². The van der Waals surface area contributed by atoms with Gasteiger partial charge in [-0.05, 0) is 24.0 Å². The number of para-hydroxylation sites is 1. The number of ether oxygens (including phenoxy) is 1. The Morgan fingerprint density at radius 3 is 2.50 bits per heavy atom. The van der Waals surface area contributed by atoms with E-state index in [0.717, 1.165) is 5.56 Å². The van der Waals surface area contributed by atoms with E-state index in [4.69, 9.17) is 9.84 Å². The molecule has 0 aliphatic rings. The lowest BCUT2D eigenvalue weighted by atomic mass is 10.0. The fraction of sp³-hybridized carbons (Fsp3) is 0.462. The lowest BCUT2D eigenvalue weighted by molar-refractivity contribution is -0.145. The van der Waals surface area contributed by atoms with Gasteiger partial charge in [0.2, 0.25) is 0 Å². The first-order chi connectivity index (χ1) is 7.56. The van der Waals surface area contributed by atoms with Crippen LogP contribution in [-0.2, 0) is 4.79 Å². The van der Waals surface area contributed by atoms with Crippen LogP contribution >= 0.6 is 0 Å². The van der Waals surface area contributed by atoms with Gasteiger partial charge in [-0.15, -0.1) is 0 Å². The van der Waals surface area contributed by atoms with Crippen molar-refractivity contribution in [3.63, 3.8) is 0 Å². The van der Waals surface area contributed by atoms with Gasteiger partial charge in [-0.1, -0.05) is 39.0 Å². The van der Waals surface area contributed by atoms with Crippen LogP contribution in [0.2, 0.25) is 0 Å². The van der Waals surface area contributed by atoms with Crippen LogP contribution < -0.4 is 4.74 Å². The van der Waals surface area contributed by atoms with E-state index in [-0.39, 0.29) is 0 Å². The number of aliphatic carboxylic acids is 1. The summed E-state index contributed by atoms with van der Waals surface area (Å²) in [5.74, 6) is 0.0790. The maximum atomic E-state index is 10.9. The summed E-state index contributed by atoms with van der Waals surface area (Å²) in [4.78, 5) is 10.9. The van der Waals surface area contributed by atoms with Crippen molar-refractivity contribution in [2.24, 2.45) is 0 Å². The molecule has 3 nitrogen and oxygen atoms in total. The summed E-state index contributed by atoms with van der Waals surface area (Å²) in [6, 6.07) is 7.58. The van der Waals surface area contributed by atoms with E-state index < -0.39 is 12.1 Å². The molecule has 1 rings (SSSR count). The van der Waals surface area contributed by atoms with Crippen molar-refractivity contribution in [2.45, 2.75) is 39.2 Å². The summed E-state index contributed by atoms with van der Waals surface area (Å²) in [7, 11) is 0. The highest BCUT2D eigenvalue weighted by Gasteiger charge is 2.18. The van der Waals surface area contributed by atoms with Crippen LogP contribution in [0.3, 0.4) is 0 Å². The van der Waals surface area contributed by atoms with Crippen LogP contribution in [0.4, 0.5) is 0 Å². The first kappa shape index (κ1) is 12.6. The largest absolute Gasteiger partial charge is 0.479 e. The normalized spacial score (nSPS) is 12.5. The molecule has 0 spiro atoms. The standard InChI is InChI=1S/C13H18O3/c1-4-11(13(14)15)16-12-8-6-5-7-10(12)9(2)3/h5-9,11H,4H2,1-3H3,(H,14,15)/t11-/m0/s1. The number of hydrogen-bond acceptors (Lipinski definition) is 2. The second kappa shape index (κ2) is 5.54. The van der Waals surface area contributed by atoms with Gasteiger partial charge in [0, 0.05) is 0 Å². The Hall–Kier alpha value is -1.51. The van der Waals surface area contributed by atoms with Gasteiger partial charge in [0.15, 0.2) is 6.10 Å². The molecule has 0 bridgehead atoms. The summed E-state index contributed by atoms with van der Waals surface area (Å²) in [5.41, 5.74) is 1.04. The first-order valence-corrected chi connectivity index (χ1v) is 5.54. The van der Waals surface area contributed by atoms with Gasteiger partial charge in [0.1, 0.15) is 5.75 Å². The molecule has 1 aromatic carbocycles. The zero-order valence-corrected chi connectivity index (χ0v) is 9.93. The van der Waals surface area contributed by atoms with E-state index in [1.165, 1.54) is 0 Å². The molecule has 0 aliphatic carbocycles. The molecular weight excluding hydrogens is 204 g/mol. The third-order valence-corrected chi connectivity index (χ3v) is 2.46. The molecule has 3 heteroatoms. The smallest absolute Gasteiger partial charge is 0.344 e. The summed E-state index contributed by atoms with van der Waals surface area (Å²) in [5, 5.41) is 8.94. The first-order valence-electron chi connectivity index (χ1n) is 5.54. The van der Waals surface area contributed by atoms with E-state index in [1.807, 2.05) is 24.3 Å². The van der Waals surface area contributed by atoms with Gasteiger partial charge in [-0.3, -0.25) is 0 Å². The van der Waals surface area contributed by atoms with E-state index in [2.05, 4.69) is 13.8 Å². The summed E-state index contributed by atoms with van der Waals surface area (Å²) in [6.45, 7) is 5.92. The Morgan fingerprint density at radius 1 is 1.38 bits per heavy atom. The van der Waals surface area contributed by atoms with Crippen molar-refractivity contribution in [2.75, 3.05) is 0 Å². The summed E-state index contributed by atoms with van der Waals surface area (Å²) in [6.07, 6.45) is -0.304. The fourth-order valence-electron chi connectivity index (χ4n) is 1.53. The minimum Gasteiger partial charge on any atom is -0.479 e. The number of carbonyl (C=O) groups is 1. The number of carboxylic acids is 1. The van der Waals surface area contributed by atoms with E-state index in [1.54, 1.807) is 6.92 Å². The molecule has 0 heterocycles. The molecule has 0 radical (unpaired) electrons. The monoisotopic (exact) mass is 222 g/mol. The van der Waals surface area contributed by atoms with E-state index in [9.17, 15) is 4.79 Å². The predicted molar refractivity (Wildman–Crippen MR) is 62.9 cm³/mol. The third-order valence-electron chi connectivity index (χ3n) is 2.46. The molecule has 0 saturated heterocycles. The Balaban J connectivity index is 2.91. The van der Waals surface area contributed by atoms with Crippen LogP contribution in [0, 0.1) is 0 Å². The van der Waals surface area contributed by atoms with Crippen molar-refractivity contribution in [1.29, 1.82) is 0 Å². The minimum absolute atomic E-state index is 0.322. The number of carboxylic acid groups (broad SMARTS) is 1. The average molecular weight is 222 g/mol. The van der Waals surface area contributed by atoms with Crippen molar-refractivity contribution in [1.82, 2.24) is 0 Å². The Bertz CT molecular complexity index is 358. The average Bonchev–Trinajstić information content (AvgIpc) is 2.25. The molecule has 0 aliphatic heterocycles. The SMILES string of the molecule is CC[C@H](Oc1ccccc1C(C)C)C(=O)O. The van der Waals surface area contributed by atoms with Gasteiger partial charge in [-0.2, -0.15) is 0 Å².